The molecule has 7 aliphatic rings. The molecule has 0 spiro atoms. The first kappa shape index (κ1) is 9.83. The van der Waals surface area contributed by atoms with Crippen molar-refractivity contribution in [2.24, 2.45) is 46.8 Å². The average Bonchev–Trinajstić information content (AvgIpc) is 2.34. The van der Waals surface area contributed by atoms with Crippen LogP contribution >= 0.6 is 0 Å². The summed E-state index contributed by atoms with van der Waals surface area (Å²) in [6.07, 6.45) is 9.60. The van der Waals surface area contributed by atoms with Gasteiger partial charge >= 0.3 is 0 Å². The molecule has 1 heteroatoms. The lowest BCUT2D eigenvalue weighted by atomic mass is 9.30. The van der Waals surface area contributed by atoms with Crippen LogP contribution in [-0.4, -0.2) is 6.04 Å². The third-order valence-corrected chi connectivity index (χ3v) is 8.06. The Bertz CT molecular complexity index is 350. The van der Waals surface area contributed by atoms with E-state index in [1.54, 1.807) is 38.5 Å². The van der Waals surface area contributed by atoms with Gasteiger partial charge in [0.2, 0.25) is 0 Å². The summed E-state index contributed by atoms with van der Waals surface area (Å²) < 4.78 is 0. The predicted molar refractivity (Wildman–Crippen MR) is 66.9 cm³/mol. The molecule has 7 aliphatic carbocycles. The molecular formula is C16H26N+. The van der Waals surface area contributed by atoms with Gasteiger partial charge in [-0.25, -0.2) is 0 Å². The quantitative estimate of drug-likeness (QED) is 0.718. The molecule has 7 fully saturated rings. The van der Waals surface area contributed by atoms with Crippen LogP contribution in [-0.2, 0) is 0 Å². The van der Waals surface area contributed by atoms with Gasteiger partial charge in [0.05, 0.1) is 6.04 Å². The first-order valence-electron chi connectivity index (χ1n) is 8.03. The largest absolute Gasteiger partial charge is 0.355 e. The molecule has 0 saturated heterocycles. The Hall–Kier alpha value is -0.0400. The number of hydrogen-bond donors (Lipinski definition) is 1. The second-order valence-electron chi connectivity index (χ2n) is 8.33. The number of hydrogen-bond acceptors (Lipinski definition) is 0. The predicted octanol–water partition coefficient (Wildman–Crippen LogP) is 2.33. The summed E-state index contributed by atoms with van der Waals surface area (Å²) >= 11 is 0. The standard InChI is InChI=1S/C16H25N/c1-8(17)16-7-10-3-12-11-2-9(5-14(12)16)6-15(16)13(11)4-10/h8-15H,2-7,17H2,1H3/p+1. The summed E-state index contributed by atoms with van der Waals surface area (Å²) in [7, 11) is 0. The molecule has 0 aromatic carbocycles. The molecule has 5 unspecified atom stereocenters. The lowest BCUT2D eigenvalue weighted by Gasteiger charge is -2.74. The zero-order chi connectivity index (χ0) is 11.4. The van der Waals surface area contributed by atoms with Crippen LogP contribution in [0.1, 0.15) is 45.4 Å². The minimum absolute atomic E-state index is 0.712. The molecule has 0 heterocycles. The van der Waals surface area contributed by atoms with Crippen molar-refractivity contribution < 1.29 is 5.73 Å². The van der Waals surface area contributed by atoms with Gasteiger partial charge in [-0.15, -0.1) is 0 Å². The van der Waals surface area contributed by atoms with E-state index in [1.165, 1.54) is 5.92 Å². The van der Waals surface area contributed by atoms with Crippen LogP contribution in [0.5, 0.6) is 0 Å². The Kier molecular flexibility index (Phi) is 1.60. The van der Waals surface area contributed by atoms with E-state index in [-0.39, 0.29) is 0 Å². The summed E-state index contributed by atoms with van der Waals surface area (Å²) in [5.41, 5.74) is 5.26. The Labute approximate surface area is 105 Å². The maximum Gasteiger partial charge on any atom is 0.0877 e. The lowest BCUT2D eigenvalue weighted by Crippen LogP contribution is -2.78. The van der Waals surface area contributed by atoms with Gasteiger partial charge < -0.3 is 5.73 Å². The van der Waals surface area contributed by atoms with Crippen LogP contribution in [0, 0.1) is 46.8 Å². The third-order valence-electron chi connectivity index (χ3n) is 8.06. The van der Waals surface area contributed by atoms with Crippen molar-refractivity contribution in [3.05, 3.63) is 0 Å². The maximum absolute atomic E-state index is 4.55. The van der Waals surface area contributed by atoms with Crippen molar-refractivity contribution in [2.75, 3.05) is 0 Å². The van der Waals surface area contributed by atoms with Gasteiger partial charge in [0.25, 0.3) is 0 Å². The highest BCUT2D eigenvalue weighted by Crippen LogP contribution is 2.76. The van der Waals surface area contributed by atoms with Gasteiger partial charge in [-0.2, -0.15) is 0 Å². The van der Waals surface area contributed by atoms with Crippen LogP contribution in [0.4, 0.5) is 0 Å². The van der Waals surface area contributed by atoms with E-state index >= 15 is 0 Å². The molecule has 0 aromatic heterocycles. The first-order valence-corrected chi connectivity index (χ1v) is 8.03. The molecular weight excluding hydrogens is 206 g/mol. The van der Waals surface area contributed by atoms with E-state index in [2.05, 4.69) is 12.7 Å². The number of rotatable bonds is 1. The minimum Gasteiger partial charge on any atom is -0.355 e. The van der Waals surface area contributed by atoms with Gasteiger partial charge in [0, 0.05) is 5.41 Å². The first-order chi connectivity index (χ1) is 8.20. The Morgan fingerprint density at radius 1 is 0.882 bits per heavy atom. The lowest BCUT2D eigenvalue weighted by molar-refractivity contribution is -0.474. The Morgan fingerprint density at radius 3 is 2.06 bits per heavy atom. The van der Waals surface area contributed by atoms with E-state index < -0.39 is 0 Å². The Balaban J connectivity index is 1.71. The Morgan fingerprint density at radius 2 is 1.47 bits per heavy atom. The van der Waals surface area contributed by atoms with Gasteiger partial charge in [0.1, 0.15) is 0 Å². The van der Waals surface area contributed by atoms with E-state index in [0.717, 1.165) is 35.5 Å². The van der Waals surface area contributed by atoms with E-state index in [1.807, 2.05) is 0 Å². The van der Waals surface area contributed by atoms with Gasteiger partial charge in [0.15, 0.2) is 0 Å². The van der Waals surface area contributed by atoms with Crippen molar-refractivity contribution in [3.8, 4) is 0 Å². The van der Waals surface area contributed by atoms with Crippen LogP contribution in [0.25, 0.3) is 0 Å². The van der Waals surface area contributed by atoms with E-state index in [9.17, 15) is 0 Å². The molecule has 1 nitrogen and oxygen atoms in total. The van der Waals surface area contributed by atoms with E-state index in [4.69, 9.17) is 0 Å². The van der Waals surface area contributed by atoms with Gasteiger partial charge in [-0.05, 0) is 86.9 Å². The highest BCUT2D eigenvalue weighted by molar-refractivity contribution is 5.19. The smallest absolute Gasteiger partial charge is 0.0877 e. The molecule has 0 radical (unpaired) electrons. The number of quaternary nitrogens is 1. The third kappa shape index (κ3) is 0.895. The van der Waals surface area contributed by atoms with Crippen molar-refractivity contribution in [2.45, 2.75) is 51.5 Å². The zero-order valence-corrected chi connectivity index (χ0v) is 11.1. The van der Waals surface area contributed by atoms with Crippen molar-refractivity contribution in [3.63, 3.8) is 0 Å². The molecule has 8 bridgehead atoms. The van der Waals surface area contributed by atoms with Gasteiger partial charge in [-0.3, -0.25) is 0 Å². The summed E-state index contributed by atoms with van der Waals surface area (Å²) in [6.45, 7) is 2.45. The second-order valence-corrected chi connectivity index (χ2v) is 8.33. The molecule has 0 aliphatic heterocycles. The van der Waals surface area contributed by atoms with Crippen LogP contribution in [0.2, 0.25) is 0 Å². The zero-order valence-electron chi connectivity index (χ0n) is 11.1. The summed E-state index contributed by atoms with van der Waals surface area (Å²) in [4.78, 5) is 0. The van der Waals surface area contributed by atoms with Crippen LogP contribution < -0.4 is 5.73 Å². The fourth-order valence-electron chi connectivity index (χ4n) is 7.96. The normalized spacial score (nSPS) is 67.8. The summed E-state index contributed by atoms with van der Waals surface area (Å²) in [6, 6.07) is 0.714. The summed E-state index contributed by atoms with van der Waals surface area (Å²) in [5.74, 6) is 7.89. The highest BCUT2D eigenvalue weighted by Gasteiger charge is 2.71. The van der Waals surface area contributed by atoms with Crippen molar-refractivity contribution in [1.29, 1.82) is 0 Å². The van der Waals surface area contributed by atoms with Crippen molar-refractivity contribution >= 4 is 0 Å². The molecule has 0 aromatic rings. The topological polar surface area (TPSA) is 27.6 Å². The van der Waals surface area contributed by atoms with Crippen LogP contribution in [0.15, 0.2) is 0 Å². The fourth-order valence-corrected chi connectivity index (χ4v) is 7.96. The molecule has 3 N–H and O–H groups in total. The average molecular weight is 232 g/mol. The molecule has 5 atom stereocenters. The van der Waals surface area contributed by atoms with Crippen LogP contribution in [0.3, 0.4) is 0 Å². The molecule has 94 valence electrons. The SMILES string of the molecule is CC([NH3+])C12CC3CC4C5CC(CC41)CC2C5C3. The monoisotopic (exact) mass is 232 g/mol. The fraction of sp³-hybridized carbons (Fsp3) is 1.00. The van der Waals surface area contributed by atoms with Crippen molar-refractivity contribution in [1.82, 2.24) is 0 Å². The highest BCUT2D eigenvalue weighted by atomic mass is 14.8. The summed E-state index contributed by atoms with van der Waals surface area (Å²) in [5, 5.41) is 0. The molecule has 7 saturated carbocycles. The molecule has 7 rings (SSSR count). The molecule has 17 heavy (non-hydrogen) atoms. The molecule has 0 amide bonds. The minimum atomic E-state index is 0.712. The van der Waals surface area contributed by atoms with Gasteiger partial charge in [-0.1, -0.05) is 0 Å². The maximum atomic E-state index is 4.55. The van der Waals surface area contributed by atoms with E-state index in [0.29, 0.717) is 11.5 Å². The second kappa shape index (κ2) is 2.76.